The summed E-state index contributed by atoms with van der Waals surface area (Å²) in [5.74, 6) is -0.134. The Kier molecular flexibility index (Phi) is 8.06. The van der Waals surface area contributed by atoms with Crippen LogP contribution in [0, 0.1) is 0 Å². The van der Waals surface area contributed by atoms with Gasteiger partial charge in [0.15, 0.2) is 0 Å². The number of halogens is 4. The van der Waals surface area contributed by atoms with E-state index in [0.717, 1.165) is 12.1 Å². The molecule has 0 bridgehead atoms. The Morgan fingerprint density at radius 1 is 0.971 bits per heavy atom. The summed E-state index contributed by atoms with van der Waals surface area (Å²) in [6, 6.07) is 18.6. The van der Waals surface area contributed by atoms with Crippen LogP contribution in [0.1, 0.15) is 5.56 Å². The summed E-state index contributed by atoms with van der Waals surface area (Å²) in [4.78, 5) is 12.4. The van der Waals surface area contributed by atoms with Crippen molar-refractivity contribution in [2.45, 2.75) is 11.1 Å². The van der Waals surface area contributed by atoms with Crippen LogP contribution in [0.3, 0.4) is 0 Å². The zero-order valence-electron chi connectivity index (χ0n) is 17.6. The number of hydrogen-bond acceptors (Lipinski definition) is 4. The quantitative estimate of drug-likeness (QED) is 0.420. The number of anilines is 1. The summed E-state index contributed by atoms with van der Waals surface area (Å²) < 4.78 is 72.7. The number of ether oxygens (including phenoxy) is 1. The molecular weight excluding hydrogens is 493 g/mol. The van der Waals surface area contributed by atoms with Gasteiger partial charge in [-0.05, 0) is 42.5 Å². The normalized spacial score (nSPS) is 11.6. The van der Waals surface area contributed by atoms with Gasteiger partial charge in [-0.1, -0.05) is 48.0 Å². The van der Waals surface area contributed by atoms with Crippen molar-refractivity contribution in [1.29, 1.82) is 0 Å². The van der Waals surface area contributed by atoms with Gasteiger partial charge in [-0.2, -0.15) is 13.2 Å². The standard InChI is InChI=1S/C23H20ClF3N2O4S/c24-21-12-11-17(15-20(21)23(25,26)27)29(34(31,32)19-9-5-2-6-10-19)16-22(30)28-13-14-33-18-7-3-1-4-8-18/h1-12,15H,13-14,16H2,(H,28,30). The summed E-state index contributed by atoms with van der Waals surface area (Å²) in [5, 5.41) is 1.93. The van der Waals surface area contributed by atoms with Crippen LogP contribution in [-0.4, -0.2) is 34.0 Å². The minimum atomic E-state index is -4.81. The summed E-state index contributed by atoms with van der Waals surface area (Å²) in [7, 11) is -4.37. The van der Waals surface area contributed by atoms with Crippen LogP contribution >= 0.6 is 11.6 Å². The molecule has 0 saturated carbocycles. The third-order valence-electron chi connectivity index (χ3n) is 4.60. The van der Waals surface area contributed by atoms with Gasteiger partial charge >= 0.3 is 6.18 Å². The molecule has 0 aliphatic rings. The molecule has 0 unspecified atom stereocenters. The Balaban J connectivity index is 1.82. The van der Waals surface area contributed by atoms with Crippen LogP contribution < -0.4 is 14.4 Å². The van der Waals surface area contributed by atoms with Crippen LogP contribution in [-0.2, 0) is 21.0 Å². The highest BCUT2D eigenvalue weighted by molar-refractivity contribution is 7.92. The van der Waals surface area contributed by atoms with E-state index in [-0.39, 0.29) is 23.7 Å². The SMILES string of the molecule is O=C(CN(c1ccc(Cl)c(C(F)(F)F)c1)S(=O)(=O)c1ccccc1)NCCOc1ccccc1. The van der Waals surface area contributed by atoms with Crippen molar-refractivity contribution in [3.05, 3.63) is 89.4 Å². The Bertz CT molecular complexity index is 1220. The minimum Gasteiger partial charge on any atom is -0.492 e. The summed E-state index contributed by atoms with van der Waals surface area (Å²) in [5.41, 5.74) is -1.56. The van der Waals surface area contributed by atoms with Crippen molar-refractivity contribution < 1.29 is 31.1 Å². The minimum absolute atomic E-state index is 0.0569. The smallest absolute Gasteiger partial charge is 0.417 e. The monoisotopic (exact) mass is 512 g/mol. The third kappa shape index (κ3) is 6.42. The van der Waals surface area contributed by atoms with E-state index in [9.17, 15) is 26.4 Å². The molecule has 1 amide bonds. The van der Waals surface area contributed by atoms with E-state index >= 15 is 0 Å². The maximum Gasteiger partial charge on any atom is 0.417 e. The molecule has 3 rings (SSSR count). The average Bonchev–Trinajstić information content (AvgIpc) is 2.81. The highest BCUT2D eigenvalue weighted by atomic mass is 35.5. The van der Waals surface area contributed by atoms with Crippen LogP contribution in [0.4, 0.5) is 18.9 Å². The van der Waals surface area contributed by atoms with Crippen molar-refractivity contribution in [2.75, 3.05) is 24.0 Å². The lowest BCUT2D eigenvalue weighted by atomic mass is 10.2. The lowest BCUT2D eigenvalue weighted by Gasteiger charge is -2.25. The molecule has 0 aromatic heterocycles. The van der Waals surface area contributed by atoms with Gasteiger partial charge in [0, 0.05) is 0 Å². The summed E-state index contributed by atoms with van der Waals surface area (Å²) >= 11 is 5.68. The molecular formula is C23H20ClF3N2O4S. The van der Waals surface area contributed by atoms with Gasteiger partial charge in [-0.25, -0.2) is 8.42 Å². The lowest BCUT2D eigenvalue weighted by molar-refractivity contribution is -0.137. The van der Waals surface area contributed by atoms with Gasteiger partial charge in [0.1, 0.15) is 18.9 Å². The van der Waals surface area contributed by atoms with Crippen molar-refractivity contribution in [2.24, 2.45) is 0 Å². The molecule has 34 heavy (non-hydrogen) atoms. The first-order chi connectivity index (χ1) is 16.1. The largest absolute Gasteiger partial charge is 0.492 e. The van der Waals surface area contributed by atoms with Crippen molar-refractivity contribution >= 4 is 33.2 Å². The van der Waals surface area contributed by atoms with E-state index in [4.69, 9.17) is 16.3 Å². The zero-order valence-corrected chi connectivity index (χ0v) is 19.2. The molecule has 0 aliphatic heterocycles. The zero-order chi connectivity index (χ0) is 24.8. The number of hydrogen-bond donors (Lipinski definition) is 1. The second-order valence-electron chi connectivity index (χ2n) is 7.00. The maximum absolute atomic E-state index is 13.4. The van der Waals surface area contributed by atoms with Gasteiger partial charge in [-0.3, -0.25) is 9.10 Å². The fourth-order valence-electron chi connectivity index (χ4n) is 2.98. The molecule has 11 heteroatoms. The van der Waals surface area contributed by atoms with Crippen LogP contribution in [0.5, 0.6) is 5.75 Å². The summed E-state index contributed by atoms with van der Waals surface area (Å²) in [6.07, 6.45) is -4.81. The van der Waals surface area contributed by atoms with Crippen LogP contribution in [0.15, 0.2) is 83.8 Å². The van der Waals surface area contributed by atoms with E-state index in [0.29, 0.717) is 16.1 Å². The number of para-hydroxylation sites is 1. The number of carbonyl (C=O) groups is 1. The molecule has 6 nitrogen and oxygen atoms in total. The average molecular weight is 513 g/mol. The molecule has 0 aliphatic carbocycles. The van der Waals surface area contributed by atoms with E-state index in [2.05, 4.69) is 5.32 Å². The van der Waals surface area contributed by atoms with Crippen molar-refractivity contribution in [1.82, 2.24) is 5.32 Å². The first-order valence-electron chi connectivity index (χ1n) is 9.98. The summed E-state index contributed by atoms with van der Waals surface area (Å²) in [6.45, 7) is -0.580. The number of amides is 1. The van der Waals surface area contributed by atoms with Crippen LogP contribution in [0.25, 0.3) is 0 Å². The number of alkyl halides is 3. The van der Waals surface area contributed by atoms with E-state index in [1.54, 1.807) is 30.3 Å². The number of sulfonamides is 1. The second-order valence-corrected chi connectivity index (χ2v) is 9.27. The van der Waals surface area contributed by atoms with Crippen molar-refractivity contribution in [3.8, 4) is 5.75 Å². The predicted molar refractivity (Wildman–Crippen MR) is 122 cm³/mol. The molecule has 180 valence electrons. The fourth-order valence-corrected chi connectivity index (χ4v) is 4.64. The van der Waals surface area contributed by atoms with Gasteiger partial charge in [0.2, 0.25) is 5.91 Å². The molecule has 3 aromatic carbocycles. The number of carbonyl (C=O) groups excluding carboxylic acids is 1. The Morgan fingerprint density at radius 3 is 2.21 bits per heavy atom. The maximum atomic E-state index is 13.4. The molecule has 0 heterocycles. The van der Waals surface area contributed by atoms with Crippen molar-refractivity contribution in [3.63, 3.8) is 0 Å². The van der Waals surface area contributed by atoms with Gasteiger partial charge < -0.3 is 10.1 Å². The highest BCUT2D eigenvalue weighted by Crippen LogP contribution is 2.37. The number of nitrogens with one attached hydrogen (secondary N) is 1. The molecule has 0 fully saturated rings. The van der Waals surface area contributed by atoms with E-state index in [1.807, 2.05) is 6.07 Å². The molecule has 3 aromatic rings. The number of rotatable bonds is 9. The molecule has 0 radical (unpaired) electrons. The number of nitrogens with zero attached hydrogens (tertiary/aromatic N) is 1. The van der Waals surface area contributed by atoms with Gasteiger partial charge in [-0.15, -0.1) is 0 Å². The molecule has 0 spiro atoms. The Hall–Kier alpha value is -3.24. The number of benzene rings is 3. The molecule has 0 atom stereocenters. The fraction of sp³-hybridized carbons (Fsp3) is 0.174. The van der Waals surface area contributed by atoms with E-state index in [1.165, 1.54) is 24.3 Å². The third-order valence-corrected chi connectivity index (χ3v) is 6.72. The van der Waals surface area contributed by atoms with Gasteiger partial charge in [0.05, 0.1) is 27.7 Å². The Labute approximate surface area is 200 Å². The molecule has 0 saturated heterocycles. The lowest BCUT2D eigenvalue weighted by Crippen LogP contribution is -2.42. The second kappa shape index (κ2) is 10.8. The van der Waals surface area contributed by atoms with Crippen LogP contribution in [0.2, 0.25) is 5.02 Å². The highest BCUT2D eigenvalue weighted by Gasteiger charge is 2.35. The topological polar surface area (TPSA) is 75.7 Å². The predicted octanol–water partition coefficient (Wildman–Crippen LogP) is 4.75. The van der Waals surface area contributed by atoms with E-state index < -0.39 is 39.2 Å². The van der Waals surface area contributed by atoms with Gasteiger partial charge in [0.25, 0.3) is 10.0 Å². The molecule has 1 N–H and O–H groups in total. The Morgan fingerprint density at radius 2 is 1.59 bits per heavy atom. The first kappa shape index (κ1) is 25.4. The first-order valence-corrected chi connectivity index (χ1v) is 11.8.